The quantitative estimate of drug-likeness (QED) is 0.810. The molecule has 0 radical (unpaired) electrons. The van der Waals surface area contributed by atoms with Crippen molar-refractivity contribution in [3.63, 3.8) is 0 Å². The van der Waals surface area contributed by atoms with Crippen LogP contribution in [0.25, 0.3) is 0 Å². The summed E-state index contributed by atoms with van der Waals surface area (Å²) < 4.78 is 6.25. The molecule has 0 fully saturated rings. The van der Waals surface area contributed by atoms with E-state index in [1.807, 2.05) is 19.1 Å². The van der Waals surface area contributed by atoms with Gasteiger partial charge in [-0.1, -0.05) is 23.8 Å². The molecule has 0 saturated heterocycles. The maximum atomic E-state index is 12.2. The van der Waals surface area contributed by atoms with Gasteiger partial charge in [0.2, 0.25) is 5.91 Å². The minimum atomic E-state index is -0.211. The summed E-state index contributed by atoms with van der Waals surface area (Å²) in [6, 6.07) is 3.35. The Morgan fingerprint density at radius 2 is 2.30 bits per heavy atom. The highest BCUT2D eigenvalue weighted by atomic mass is 79.9. The van der Waals surface area contributed by atoms with E-state index in [0.29, 0.717) is 34.0 Å². The van der Waals surface area contributed by atoms with E-state index in [0.717, 1.165) is 0 Å². The Balaban J connectivity index is 2.19. The number of benzene rings is 1. The number of anilines is 1. The van der Waals surface area contributed by atoms with Crippen molar-refractivity contribution >= 4 is 39.1 Å². The van der Waals surface area contributed by atoms with Crippen molar-refractivity contribution in [1.82, 2.24) is 0 Å². The molecule has 0 heterocycles. The average molecular weight is 360 g/mol. The van der Waals surface area contributed by atoms with Crippen LogP contribution >= 0.6 is 27.5 Å². The molecule has 0 bridgehead atoms. The second-order valence-electron chi connectivity index (χ2n) is 4.58. The van der Waals surface area contributed by atoms with Gasteiger partial charge in [0.05, 0.1) is 22.7 Å². The van der Waals surface area contributed by atoms with Crippen molar-refractivity contribution in [2.24, 2.45) is 11.7 Å². The Kier molecular flexibility index (Phi) is 5.07. The van der Waals surface area contributed by atoms with Crippen LogP contribution in [0.1, 0.15) is 13.3 Å². The summed E-state index contributed by atoms with van der Waals surface area (Å²) in [6.45, 7) is 2.38. The van der Waals surface area contributed by atoms with Crippen LogP contribution in [0.5, 0.6) is 5.75 Å². The number of carbonyl (C=O) groups is 1. The number of amides is 1. The Bertz CT molecular complexity index is 548. The molecular weight excluding hydrogens is 344 g/mol. The van der Waals surface area contributed by atoms with Gasteiger partial charge in [-0.2, -0.15) is 0 Å². The summed E-state index contributed by atoms with van der Waals surface area (Å²) in [5.41, 5.74) is 6.32. The number of hydrogen-bond acceptors (Lipinski definition) is 3. The molecule has 1 aromatic rings. The van der Waals surface area contributed by atoms with Crippen LogP contribution in [0.15, 0.2) is 28.8 Å². The van der Waals surface area contributed by atoms with Crippen LogP contribution in [0.2, 0.25) is 5.02 Å². The zero-order valence-corrected chi connectivity index (χ0v) is 13.4. The van der Waals surface area contributed by atoms with E-state index in [-0.39, 0.29) is 17.9 Å². The minimum absolute atomic E-state index is 0.0526. The zero-order valence-electron chi connectivity index (χ0n) is 11.0. The number of nitrogens with two attached hydrogens (primary N) is 1. The standard InChI is InChI=1S/C14H16BrClN2O2/c1-2-20-13-11(15)6-9(16)7-12(13)18-14(19)8-3-4-10(17)5-8/h3-4,6-8,10H,2,5,17H2,1H3,(H,18,19). The highest BCUT2D eigenvalue weighted by Gasteiger charge is 2.24. The zero-order chi connectivity index (χ0) is 14.7. The first-order valence-electron chi connectivity index (χ1n) is 6.38. The van der Waals surface area contributed by atoms with Gasteiger partial charge in [-0.05, 0) is 41.4 Å². The lowest BCUT2D eigenvalue weighted by atomic mass is 10.1. The topological polar surface area (TPSA) is 64.3 Å². The van der Waals surface area contributed by atoms with Crippen molar-refractivity contribution in [3.05, 3.63) is 33.8 Å². The molecule has 108 valence electrons. The largest absolute Gasteiger partial charge is 0.491 e. The van der Waals surface area contributed by atoms with Crippen LogP contribution in [0, 0.1) is 5.92 Å². The van der Waals surface area contributed by atoms with Crippen molar-refractivity contribution in [2.45, 2.75) is 19.4 Å². The summed E-state index contributed by atoms with van der Waals surface area (Å²) in [6.07, 6.45) is 4.30. The van der Waals surface area contributed by atoms with Crippen molar-refractivity contribution in [1.29, 1.82) is 0 Å². The first-order chi connectivity index (χ1) is 9.51. The fourth-order valence-electron chi connectivity index (χ4n) is 2.09. The number of ether oxygens (including phenoxy) is 1. The van der Waals surface area contributed by atoms with Crippen molar-refractivity contribution in [3.8, 4) is 5.75 Å². The van der Waals surface area contributed by atoms with Crippen LogP contribution < -0.4 is 15.8 Å². The summed E-state index contributed by atoms with van der Waals surface area (Å²) in [5.74, 6) is 0.262. The van der Waals surface area contributed by atoms with Crippen LogP contribution in [-0.4, -0.2) is 18.6 Å². The molecule has 4 nitrogen and oxygen atoms in total. The number of nitrogens with one attached hydrogen (secondary N) is 1. The Morgan fingerprint density at radius 3 is 2.90 bits per heavy atom. The molecule has 1 aliphatic rings. The second-order valence-corrected chi connectivity index (χ2v) is 5.87. The maximum absolute atomic E-state index is 12.2. The van der Waals surface area contributed by atoms with Gasteiger partial charge < -0.3 is 15.8 Å². The van der Waals surface area contributed by atoms with Gasteiger partial charge in [0, 0.05) is 11.1 Å². The molecule has 1 aliphatic carbocycles. The van der Waals surface area contributed by atoms with Crippen LogP contribution in [-0.2, 0) is 4.79 Å². The summed E-state index contributed by atoms with van der Waals surface area (Å²) in [4.78, 5) is 12.2. The number of carbonyl (C=O) groups excluding carboxylic acids is 1. The molecule has 0 aromatic heterocycles. The minimum Gasteiger partial charge on any atom is -0.491 e. The van der Waals surface area contributed by atoms with Crippen molar-refractivity contribution in [2.75, 3.05) is 11.9 Å². The predicted octanol–water partition coefficient (Wildman–Crippen LogP) is 3.34. The summed E-state index contributed by atoms with van der Waals surface area (Å²) in [7, 11) is 0. The van der Waals surface area contributed by atoms with Gasteiger partial charge in [-0.3, -0.25) is 4.79 Å². The predicted molar refractivity (Wildman–Crippen MR) is 84.2 cm³/mol. The Morgan fingerprint density at radius 1 is 1.55 bits per heavy atom. The van der Waals surface area contributed by atoms with E-state index in [1.165, 1.54) is 0 Å². The van der Waals surface area contributed by atoms with Crippen LogP contribution in [0.3, 0.4) is 0 Å². The molecule has 6 heteroatoms. The molecule has 0 aliphatic heterocycles. The highest BCUT2D eigenvalue weighted by molar-refractivity contribution is 9.10. The van der Waals surface area contributed by atoms with Gasteiger partial charge >= 0.3 is 0 Å². The molecule has 2 rings (SSSR count). The molecular formula is C14H16BrClN2O2. The molecule has 1 aromatic carbocycles. The lowest BCUT2D eigenvalue weighted by Gasteiger charge is -2.16. The number of rotatable bonds is 4. The third-order valence-corrected chi connectivity index (χ3v) is 3.82. The molecule has 3 N–H and O–H groups in total. The molecule has 1 amide bonds. The molecule has 20 heavy (non-hydrogen) atoms. The maximum Gasteiger partial charge on any atom is 0.231 e. The average Bonchev–Trinajstić information content (AvgIpc) is 2.80. The third-order valence-electron chi connectivity index (χ3n) is 3.01. The van der Waals surface area contributed by atoms with Gasteiger partial charge in [0.1, 0.15) is 0 Å². The normalized spacial score (nSPS) is 21.0. The van der Waals surface area contributed by atoms with Gasteiger partial charge in [0.25, 0.3) is 0 Å². The molecule has 0 spiro atoms. The highest BCUT2D eigenvalue weighted by Crippen LogP contribution is 2.37. The number of hydrogen-bond donors (Lipinski definition) is 2. The summed E-state index contributed by atoms with van der Waals surface area (Å²) >= 11 is 9.40. The lowest BCUT2D eigenvalue weighted by Crippen LogP contribution is -2.24. The van der Waals surface area contributed by atoms with Gasteiger partial charge in [-0.15, -0.1) is 0 Å². The van der Waals surface area contributed by atoms with E-state index < -0.39 is 0 Å². The third kappa shape index (κ3) is 3.53. The first-order valence-corrected chi connectivity index (χ1v) is 7.55. The number of halogens is 2. The first kappa shape index (κ1) is 15.4. The van der Waals surface area contributed by atoms with Crippen LogP contribution in [0.4, 0.5) is 5.69 Å². The van der Waals surface area contributed by atoms with Crippen molar-refractivity contribution < 1.29 is 9.53 Å². The van der Waals surface area contributed by atoms with E-state index in [4.69, 9.17) is 22.1 Å². The molecule has 0 saturated carbocycles. The van der Waals surface area contributed by atoms with E-state index in [1.54, 1.807) is 12.1 Å². The molecule has 2 unspecified atom stereocenters. The lowest BCUT2D eigenvalue weighted by molar-refractivity contribution is -0.118. The van der Waals surface area contributed by atoms with E-state index in [9.17, 15) is 4.79 Å². The van der Waals surface area contributed by atoms with Gasteiger partial charge in [0.15, 0.2) is 5.75 Å². The summed E-state index contributed by atoms with van der Waals surface area (Å²) in [5, 5.41) is 3.38. The Labute approximate surface area is 131 Å². The van der Waals surface area contributed by atoms with E-state index in [2.05, 4.69) is 21.2 Å². The second kappa shape index (κ2) is 6.61. The smallest absolute Gasteiger partial charge is 0.231 e. The fourth-order valence-corrected chi connectivity index (χ4v) is 3.02. The monoisotopic (exact) mass is 358 g/mol. The SMILES string of the molecule is CCOc1c(Br)cc(Cl)cc1NC(=O)C1C=CC(N)C1. The Hall–Kier alpha value is -1.04. The fraction of sp³-hybridized carbons (Fsp3) is 0.357. The van der Waals surface area contributed by atoms with Gasteiger partial charge in [-0.25, -0.2) is 0 Å². The molecule has 2 atom stereocenters. The van der Waals surface area contributed by atoms with E-state index >= 15 is 0 Å².